The van der Waals surface area contributed by atoms with Crippen LogP contribution in [0.5, 0.6) is 5.75 Å². The molecule has 0 bridgehead atoms. The summed E-state index contributed by atoms with van der Waals surface area (Å²) >= 11 is 0. The van der Waals surface area contributed by atoms with E-state index in [4.69, 9.17) is 9.47 Å². The third kappa shape index (κ3) is 2.47. The number of phenols is 1. The van der Waals surface area contributed by atoms with Crippen LogP contribution in [0.2, 0.25) is 0 Å². The summed E-state index contributed by atoms with van der Waals surface area (Å²) in [6, 6.07) is 5.37. The van der Waals surface area contributed by atoms with Crippen LogP contribution >= 0.6 is 0 Å². The summed E-state index contributed by atoms with van der Waals surface area (Å²) in [4.78, 5) is 24.2. The second-order valence-corrected chi connectivity index (χ2v) is 6.09. The summed E-state index contributed by atoms with van der Waals surface area (Å²) < 4.78 is 14.7. The number of carbonyl (C=O) groups excluding carboxylic acids is 2. The zero-order valence-electron chi connectivity index (χ0n) is 13.3. The number of carbonyl (C=O) groups is 2. The molecule has 0 radical (unpaired) electrons. The molecule has 1 aromatic rings. The van der Waals surface area contributed by atoms with Crippen molar-refractivity contribution in [3.05, 3.63) is 29.8 Å². The number of methoxy groups -OCH3 is 1. The number of aromatic hydroxyl groups is 1. The van der Waals surface area contributed by atoms with E-state index >= 15 is 0 Å². The van der Waals surface area contributed by atoms with Crippen molar-refractivity contribution < 1.29 is 44.2 Å². The monoisotopic (exact) mass is 354 g/mol. The van der Waals surface area contributed by atoms with E-state index in [0.29, 0.717) is 0 Å². The molecule has 2 aliphatic heterocycles. The SMILES string of the molecule is COC(=O)C[C@H](c1ccc(O)cc1)[C@@]1(O)C(=O)O[C@@H]2[C@@H](O)CO[C@@]21O. The molecule has 3 rings (SSSR count). The van der Waals surface area contributed by atoms with E-state index in [1.54, 1.807) is 0 Å². The number of fused-ring (bicyclic) bond motifs is 1. The van der Waals surface area contributed by atoms with E-state index in [9.17, 15) is 30.0 Å². The predicted octanol–water partition coefficient (Wildman–Crippen LogP) is -1.22. The van der Waals surface area contributed by atoms with Crippen LogP contribution < -0.4 is 0 Å². The molecule has 5 atom stereocenters. The van der Waals surface area contributed by atoms with Crippen molar-refractivity contribution in [3.63, 3.8) is 0 Å². The van der Waals surface area contributed by atoms with Crippen LogP contribution in [-0.2, 0) is 23.8 Å². The topological polar surface area (TPSA) is 143 Å². The van der Waals surface area contributed by atoms with Crippen LogP contribution in [0.15, 0.2) is 24.3 Å². The molecule has 25 heavy (non-hydrogen) atoms. The van der Waals surface area contributed by atoms with Gasteiger partial charge in [0.05, 0.1) is 20.1 Å². The molecule has 0 spiro atoms. The minimum atomic E-state index is -2.65. The first-order chi connectivity index (χ1) is 11.7. The van der Waals surface area contributed by atoms with Gasteiger partial charge >= 0.3 is 11.9 Å². The van der Waals surface area contributed by atoms with Gasteiger partial charge in [-0.05, 0) is 17.7 Å². The van der Waals surface area contributed by atoms with Gasteiger partial charge in [0, 0.05) is 5.92 Å². The number of aliphatic hydroxyl groups excluding tert-OH is 1. The van der Waals surface area contributed by atoms with E-state index in [0.717, 1.165) is 7.11 Å². The maximum absolute atomic E-state index is 12.4. The normalized spacial score (nSPS) is 35.1. The molecular formula is C16H18O9. The molecule has 0 unspecified atom stereocenters. The number of aliphatic hydroxyl groups is 3. The second-order valence-electron chi connectivity index (χ2n) is 6.09. The Morgan fingerprint density at radius 3 is 2.60 bits per heavy atom. The Hall–Kier alpha value is -2.20. The van der Waals surface area contributed by atoms with Crippen molar-refractivity contribution in [2.45, 2.75) is 35.9 Å². The van der Waals surface area contributed by atoms with Gasteiger partial charge in [0.15, 0.2) is 6.10 Å². The Morgan fingerprint density at radius 2 is 2.00 bits per heavy atom. The zero-order chi connectivity index (χ0) is 18.4. The highest BCUT2D eigenvalue weighted by Crippen LogP contribution is 2.51. The lowest BCUT2D eigenvalue weighted by Crippen LogP contribution is -2.61. The number of rotatable bonds is 4. The summed E-state index contributed by atoms with van der Waals surface area (Å²) in [6.07, 6.45) is -3.27. The Balaban J connectivity index is 2.09. The van der Waals surface area contributed by atoms with E-state index in [2.05, 4.69) is 4.74 Å². The predicted molar refractivity (Wildman–Crippen MR) is 79.2 cm³/mol. The Morgan fingerprint density at radius 1 is 1.36 bits per heavy atom. The standard InChI is InChI=1S/C16H18O9/c1-23-12(19)6-10(8-2-4-9(17)5-3-8)15(21)14(20)25-13-11(18)7-24-16(13,15)22/h2-5,10-11,13,17-18,21-22H,6-7H2,1H3/t10-,11+,13-,15-,16+/m1/s1. The van der Waals surface area contributed by atoms with E-state index < -0.39 is 47.9 Å². The molecule has 9 heteroatoms. The van der Waals surface area contributed by atoms with Gasteiger partial charge < -0.3 is 34.6 Å². The molecule has 4 N–H and O–H groups in total. The molecule has 0 saturated carbocycles. The quantitative estimate of drug-likeness (QED) is 0.489. The fourth-order valence-corrected chi connectivity index (χ4v) is 3.33. The number of hydrogen-bond acceptors (Lipinski definition) is 9. The minimum Gasteiger partial charge on any atom is -0.508 e. The largest absolute Gasteiger partial charge is 0.508 e. The van der Waals surface area contributed by atoms with Gasteiger partial charge in [0.25, 0.3) is 0 Å². The first-order valence-corrected chi connectivity index (χ1v) is 7.57. The molecule has 0 amide bonds. The zero-order valence-corrected chi connectivity index (χ0v) is 13.3. The molecular weight excluding hydrogens is 336 g/mol. The molecule has 0 aromatic heterocycles. The third-order valence-corrected chi connectivity index (χ3v) is 4.70. The van der Waals surface area contributed by atoms with Gasteiger partial charge in [-0.3, -0.25) is 4.79 Å². The number of phenolic OH excluding ortho intramolecular Hbond substituents is 1. The molecule has 9 nitrogen and oxygen atoms in total. The van der Waals surface area contributed by atoms with Crippen molar-refractivity contribution in [2.24, 2.45) is 0 Å². The second kappa shape index (κ2) is 5.95. The number of hydrogen-bond donors (Lipinski definition) is 4. The summed E-state index contributed by atoms with van der Waals surface area (Å²) in [5.41, 5.74) is -2.39. The van der Waals surface area contributed by atoms with E-state index in [1.807, 2.05) is 0 Å². The molecule has 2 heterocycles. The highest BCUT2D eigenvalue weighted by Gasteiger charge is 2.76. The maximum Gasteiger partial charge on any atom is 0.345 e. The van der Waals surface area contributed by atoms with Crippen molar-refractivity contribution in [1.82, 2.24) is 0 Å². The smallest absolute Gasteiger partial charge is 0.345 e. The van der Waals surface area contributed by atoms with Crippen LogP contribution in [0.25, 0.3) is 0 Å². The van der Waals surface area contributed by atoms with Gasteiger partial charge in [0.1, 0.15) is 11.9 Å². The number of ether oxygens (including phenoxy) is 3. The van der Waals surface area contributed by atoms with Crippen LogP contribution in [0.3, 0.4) is 0 Å². The van der Waals surface area contributed by atoms with E-state index in [1.165, 1.54) is 24.3 Å². The van der Waals surface area contributed by atoms with Crippen molar-refractivity contribution in [1.29, 1.82) is 0 Å². The average molecular weight is 354 g/mol. The molecule has 2 saturated heterocycles. The van der Waals surface area contributed by atoms with Gasteiger partial charge in [-0.2, -0.15) is 0 Å². The molecule has 0 aliphatic carbocycles. The van der Waals surface area contributed by atoms with Crippen LogP contribution in [0, 0.1) is 0 Å². The van der Waals surface area contributed by atoms with E-state index in [-0.39, 0.29) is 17.9 Å². The Labute approximate surface area is 142 Å². The molecule has 2 aliphatic rings. The fourth-order valence-electron chi connectivity index (χ4n) is 3.33. The van der Waals surface area contributed by atoms with Gasteiger partial charge in [0.2, 0.25) is 11.4 Å². The van der Waals surface area contributed by atoms with Crippen molar-refractivity contribution in [2.75, 3.05) is 13.7 Å². The lowest BCUT2D eigenvalue weighted by Gasteiger charge is -2.37. The van der Waals surface area contributed by atoms with Gasteiger partial charge in [-0.15, -0.1) is 0 Å². The third-order valence-electron chi connectivity index (χ3n) is 4.70. The summed E-state index contributed by atoms with van der Waals surface area (Å²) in [7, 11) is 1.14. The lowest BCUT2D eigenvalue weighted by atomic mass is 9.74. The lowest BCUT2D eigenvalue weighted by molar-refractivity contribution is -0.269. The Kier molecular flexibility index (Phi) is 4.20. The first kappa shape index (κ1) is 17.6. The van der Waals surface area contributed by atoms with Crippen LogP contribution in [0.1, 0.15) is 17.9 Å². The number of benzene rings is 1. The van der Waals surface area contributed by atoms with Crippen molar-refractivity contribution >= 4 is 11.9 Å². The number of esters is 2. The summed E-state index contributed by atoms with van der Waals surface area (Å²) in [6.45, 7) is -0.350. The highest BCUT2D eigenvalue weighted by atomic mass is 16.7. The summed E-state index contributed by atoms with van der Waals surface area (Å²) in [5.74, 6) is -5.86. The van der Waals surface area contributed by atoms with Gasteiger partial charge in [-0.25, -0.2) is 4.79 Å². The van der Waals surface area contributed by atoms with Crippen LogP contribution in [-0.4, -0.2) is 69.7 Å². The van der Waals surface area contributed by atoms with Gasteiger partial charge in [-0.1, -0.05) is 12.1 Å². The average Bonchev–Trinajstić information content (AvgIpc) is 2.99. The molecule has 1 aromatic carbocycles. The Bertz CT molecular complexity index is 687. The fraction of sp³-hybridized carbons (Fsp3) is 0.500. The first-order valence-electron chi connectivity index (χ1n) is 7.57. The summed E-state index contributed by atoms with van der Waals surface area (Å²) in [5, 5.41) is 41.2. The molecule has 2 fully saturated rings. The van der Waals surface area contributed by atoms with Crippen molar-refractivity contribution in [3.8, 4) is 5.75 Å². The highest BCUT2D eigenvalue weighted by molar-refractivity contribution is 5.87. The minimum absolute atomic E-state index is 0.0642. The molecule has 136 valence electrons. The van der Waals surface area contributed by atoms with Crippen LogP contribution in [0.4, 0.5) is 0 Å². The maximum atomic E-state index is 12.4.